The van der Waals surface area contributed by atoms with Crippen LogP contribution in [0.1, 0.15) is 12.3 Å². The quantitative estimate of drug-likeness (QED) is 0.468. The van der Waals surface area contributed by atoms with E-state index in [-0.39, 0.29) is 12.3 Å². The fourth-order valence-electron chi connectivity index (χ4n) is 4.79. The molecule has 4 aromatic rings. The van der Waals surface area contributed by atoms with E-state index >= 15 is 0 Å². The number of hydrogen-bond donors (Lipinski definition) is 0. The first-order valence-corrected chi connectivity index (χ1v) is 11.1. The largest absolute Gasteiger partial charge is 0.379 e. The van der Waals surface area contributed by atoms with Gasteiger partial charge in [0.15, 0.2) is 0 Å². The minimum absolute atomic E-state index is 0.130. The molecular formula is C22H26N8O2. The van der Waals surface area contributed by atoms with Gasteiger partial charge in [-0.05, 0) is 24.3 Å². The fraction of sp³-hybridized carbons (Fsp3) is 0.455. The maximum Gasteiger partial charge on any atom is 0.143 e. The van der Waals surface area contributed by atoms with Gasteiger partial charge in [0.25, 0.3) is 0 Å². The van der Waals surface area contributed by atoms with Crippen LogP contribution in [0.15, 0.2) is 48.5 Å². The summed E-state index contributed by atoms with van der Waals surface area (Å²) < 4.78 is 15.5. The molecule has 6 rings (SSSR count). The van der Waals surface area contributed by atoms with Crippen LogP contribution < -0.4 is 0 Å². The Morgan fingerprint density at radius 3 is 1.44 bits per heavy atom. The molecule has 0 aliphatic carbocycles. The van der Waals surface area contributed by atoms with E-state index in [2.05, 4.69) is 51.9 Å². The predicted octanol–water partition coefficient (Wildman–Crippen LogP) is 1.54. The number of ether oxygens (including phenoxy) is 2. The molecule has 2 aromatic carbocycles. The lowest BCUT2D eigenvalue weighted by atomic mass is 10.2. The first-order valence-electron chi connectivity index (χ1n) is 11.1. The van der Waals surface area contributed by atoms with Crippen molar-refractivity contribution >= 4 is 22.1 Å². The Bertz CT molecular complexity index is 1100. The highest BCUT2D eigenvalue weighted by Gasteiger charge is 2.39. The molecule has 0 bridgehead atoms. The summed E-state index contributed by atoms with van der Waals surface area (Å²) in [6, 6.07) is 16.2. The van der Waals surface area contributed by atoms with Gasteiger partial charge in [0, 0.05) is 26.2 Å². The third-order valence-corrected chi connectivity index (χ3v) is 6.36. The molecule has 0 amide bonds. The lowest BCUT2D eigenvalue weighted by Crippen LogP contribution is -2.52. The molecule has 0 radical (unpaired) electrons. The van der Waals surface area contributed by atoms with Crippen molar-refractivity contribution in [3.63, 3.8) is 0 Å². The van der Waals surface area contributed by atoms with Crippen LogP contribution in [-0.2, 0) is 9.47 Å². The van der Waals surface area contributed by atoms with Crippen LogP contribution in [0.3, 0.4) is 0 Å². The minimum Gasteiger partial charge on any atom is -0.379 e. The summed E-state index contributed by atoms with van der Waals surface area (Å²) in [5, 5.41) is 18.2. The van der Waals surface area contributed by atoms with Gasteiger partial charge in [0.05, 0.1) is 37.5 Å². The van der Waals surface area contributed by atoms with Gasteiger partial charge in [0.2, 0.25) is 0 Å². The molecule has 166 valence electrons. The van der Waals surface area contributed by atoms with Crippen LogP contribution in [-0.4, -0.2) is 92.4 Å². The van der Waals surface area contributed by atoms with E-state index in [1.165, 1.54) is 0 Å². The summed E-state index contributed by atoms with van der Waals surface area (Å²) in [5.41, 5.74) is 3.78. The van der Waals surface area contributed by atoms with Crippen LogP contribution in [0.4, 0.5) is 0 Å². The lowest BCUT2D eigenvalue weighted by molar-refractivity contribution is -0.0842. The normalized spacial score (nSPS) is 20.6. The molecule has 2 saturated heterocycles. The maximum absolute atomic E-state index is 5.69. The van der Waals surface area contributed by atoms with E-state index in [1.54, 1.807) is 0 Å². The van der Waals surface area contributed by atoms with Crippen molar-refractivity contribution in [3.05, 3.63) is 48.5 Å². The van der Waals surface area contributed by atoms with Gasteiger partial charge in [-0.2, -0.15) is 0 Å². The highest BCUT2D eigenvalue weighted by Crippen LogP contribution is 2.34. The smallest absolute Gasteiger partial charge is 0.143 e. The number of benzene rings is 2. The van der Waals surface area contributed by atoms with E-state index in [9.17, 15) is 0 Å². The molecule has 2 atom stereocenters. The van der Waals surface area contributed by atoms with Crippen molar-refractivity contribution in [2.45, 2.75) is 12.3 Å². The molecule has 0 spiro atoms. The van der Waals surface area contributed by atoms with E-state index in [0.717, 1.165) is 48.2 Å². The zero-order valence-electron chi connectivity index (χ0n) is 17.8. The molecule has 0 N–H and O–H groups in total. The molecule has 2 unspecified atom stereocenters. The Labute approximate surface area is 185 Å². The topological polar surface area (TPSA) is 86.4 Å². The number of morpholine rings is 2. The van der Waals surface area contributed by atoms with Gasteiger partial charge in [-0.25, -0.2) is 9.36 Å². The molecule has 10 nitrogen and oxygen atoms in total. The maximum atomic E-state index is 5.69. The summed E-state index contributed by atoms with van der Waals surface area (Å²) in [6.07, 6.45) is -0.260. The molecule has 32 heavy (non-hydrogen) atoms. The van der Waals surface area contributed by atoms with Gasteiger partial charge in [-0.3, -0.25) is 9.80 Å². The average molecular weight is 435 g/mol. The average Bonchev–Trinajstić information content (AvgIpc) is 3.48. The first-order chi connectivity index (χ1) is 15.9. The van der Waals surface area contributed by atoms with Crippen LogP contribution in [0.25, 0.3) is 22.1 Å². The number of para-hydroxylation sites is 2. The molecule has 2 aliphatic heterocycles. The zero-order chi connectivity index (χ0) is 21.3. The Morgan fingerprint density at radius 2 is 1.00 bits per heavy atom. The number of rotatable bonds is 5. The number of fused-ring (bicyclic) bond motifs is 2. The molecule has 2 fully saturated rings. The number of nitrogens with zero attached hydrogens (tertiary/aromatic N) is 8. The molecule has 0 saturated carbocycles. The summed E-state index contributed by atoms with van der Waals surface area (Å²) in [4.78, 5) is 4.86. The molecule has 2 aromatic heterocycles. The second kappa shape index (κ2) is 8.55. The first kappa shape index (κ1) is 19.7. The van der Waals surface area contributed by atoms with Crippen molar-refractivity contribution in [2.24, 2.45) is 0 Å². The summed E-state index contributed by atoms with van der Waals surface area (Å²) in [5.74, 6) is 0. The standard InChI is InChI=1S/C22H26N8O2/c1-3-7-19-17(5-1)23-25-29(19)21(27-9-13-31-14-10-27)22(28-11-15-32-16-12-28)30-20-8-4-2-6-18(20)24-26-30/h1-8,21-22H,9-16H2. The minimum atomic E-state index is -0.130. The molecule has 4 heterocycles. The van der Waals surface area contributed by atoms with Gasteiger partial charge in [-0.15, -0.1) is 10.2 Å². The number of aromatic nitrogens is 6. The van der Waals surface area contributed by atoms with Crippen molar-refractivity contribution in [1.29, 1.82) is 0 Å². The van der Waals surface area contributed by atoms with Crippen molar-refractivity contribution in [3.8, 4) is 0 Å². The second-order valence-electron chi connectivity index (χ2n) is 8.17. The van der Waals surface area contributed by atoms with Crippen molar-refractivity contribution in [1.82, 2.24) is 39.8 Å². The Kier molecular flexibility index (Phi) is 5.27. The summed E-state index contributed by atoms with van der Waals surface area (Å²) in [6.45, 7) is 6.01. The monoisotopic (exact) mass is 434 g/mol. The summed E-state index contributed by atoms with van der Waals surface area (Å²) >= 11 is 0. The SMILES string of the molecule is c1ccc2c(c1)nnn2C(C(N1CCOCC1)n1nnc2ccccc21)N1CCOCC1. The Hall–Kier alpha value is -2.92. The van der Waals surface area contributed by atoms with Crippen LogP contribution in [0.5, 0.6) is 0 Å². The lowest BCUT2D eigenvalue weighted by Gasteiger charge is -2.44. The van der Waals surface area contributed by atoms with Gasteiger partial charge in [0.1, 0.15) is 23.4 Å². The highest BCUT2D eigenvalue weighted by molar-refractivity contribution is 5.75. The van der Waals surface area contributed by atoms with E-state index in [0.29, 0.717) is 26.4 Å². The fourth-order valence-corrected chi connectivity index (χ4v) is 4.79. The van der Waals surface area contributed by atoms with Crippen molar-refractivity contribution in [2.75, 3.05) is 52.6 Å². The molecule has 10 heteroatoms. The van der Waals surface area contributed by atoms with Crippen LogP contribution in [0, 0.1) is 0 Å². The molecule has 2 aliphatic rings. The van der Waals surface area contributed by atoms with Crippen LogP contribution in [0.2, 0.25) is 0 Å². The molecular weight excluding hydrogens is 408 g/mol. The van der Waals surface area contributed by atoms with E-state index < -0.39 is 0 Å². The van der Waals surface area contributed by atoms with Crippen molar-refractivity contribution < 1.29 is 9.47 Å². The third kappa shape index (κ3) is 3.45. The van der Waals surface area contributed by atoms with Gasteiger partial charge in [-0.1, -0.05) is 34.7 Å². The third-order valence-electron chi connectivity index (χ3n) is 6.36. The zero-order valence-corrected chi connectivity index (χ0v) is 17.8. The van der Waals surface area contributed by atoms with Gasteiger partial charge < -0.3 is 9.47 Å². The predicted molar refractivity (Wildman–Crippen MR) is 118 cm³/mol. The van der Waals surface area contributed by atoms with E-state index in [4.69, 9.17) is 9.47 Å². The van der Waals surface area contributed by atoms with Crippen LogP contribution >= 0.6 is 0 Å². The Morgan fingerprint density at radius 1 is 0.594 bits per heavy atom. The second-order valence-corrected chi connectivity index (χ2v) is 8.17. The highest BCUT2D eigenvalue weighted by atomic mass is 16.5. The van der Waals surface area contributed by atoms with E-state index in [1.807, 2.05) is 36.4 Å². The Balaban J connectivity index is 1.54. The number of hydrogen-bond acceptors (Lipinski definition) is 8. The summed E-state index contributed by atoms with van der Waals surface area (Å²) in [7, 11) is 0. The van der Waals surface area contributed by atoms with Gasteiger partial charge >= 0.3 is 0 Å².